The Hall–Kier alpha value is -2.50. The van der Waals surface area contributed by atoms with Crippen LogP contribution in [0.15, 0.2) is 35.4 Å². The van der Waals surface area contributed by atoms with Gasteiger partial charge in [0.1, 0.15) is 5.82 Å². The molecule has 0 atom stereocenters. The Labute approximate surface area is 96.0 Å². The Morgan fingerprint density at radius 1 is 1.47 bits per heavy atom. The third-order valence-corrected chi connectivity index (χ3v) is 2.10. The molecule has 0 bridgehead atoms. The van der Waals surface area contributed by atoms with Crippen molar-refractivity contribution < 1.29 is 9.90 Å². The molecule has 0 unspecified atom stereocenters. The molecule has 0 aliphatic heterocycles. The van der Waals surface area contributed by atoms with E-state index in [2.05, 4.69) is 15.0 Å². The number of hydrogen-bond donors (Lipinski definition) is 2. The van der Waals surface area contributed by atoms with E-state index < -0.39 is 11.5 Å². The van der Waals surface area contributed by atoms with Gasteiger partial charge in [-0.3, -0.25) is 9.78 Å². The van der Waals surface area contributed by atoms with Crippen molar-refractivity contribution in [2.24, 2.45) is 0 Å². The van der Waals surface area contributed by atoms with E-state index in [0.717, 1.165) is 11.6 Å². The monoisotopic (exact) mass is 231 g/mol. The fraction of sp³-hybridized carbons (Fsp3) is 0.0909. The van der Waals surface area contributed by atoms with Crippen LogP contribution in [0.3, 0.4) is 0 Å². The Bertz CT molecular complexity index is 592. The van der Waals surface area contributed by atoms with Crippen molar-refractivity contribution in [1.29, 1.82) is 0 Å². The molecule has 2 rings (SSSR count). The van der Waals surface area contributed by atoms with E-state index in [9.17, 15) is 9.59 Å². The van der Waals surface area contributed by atoms with Crippen molar-refractivity contribution in [3.8, 4) is 0 Å². The van der Waals surface area contributed by atoms with Crippen LogP contribution in [0.5, 0.6) is 0 Å². The van der Waals surface area contributed by atoms with Gasteiger partial charge in [-0.15, -0.1) is 0 Å². The van der Waals surface area contributed by atoms with Crippen molar-refractivity contribution in [1.82, 2.24) is 15.0 Å². The van der Waals surface area contributed by atoms with Crippen LogP contribution in [0.2, 0.25) is 0 Å². The maximum absolute atomic E-state index is 11.2. The number of hydrogen-bond acceptors (Lipinski definition) is 4. The highest BCUT2D eigenvalue weighted by Gasteiger charge is 2.08. The number of rotatable bonds is 3. The minimum absolute atomic E-state index is 0.257. The SMILES string of the molecule is O=C(O)c1cc(=O)[nH]c(Cc2cccnc2)n1. The first-order chi connectivity index (χ1) is 8.15. The summed E-state index contributed by atoms with van der Waals surface area (Å²) in [5, 5.41) is 8.77. The van der Waals surface area contributed by atoms with Gasteiger partial charge in [0.05, 0.1) is 0 Å². The van der Waals surface area contributed by atoms with E-state index in [4.69, 9.17) is 5.11 Å². The predicted octanol–water partition coefficient (Wildman–Crippen LogP) is 0.454. The number of H-pyrrole nitrogens is 1. The number of nitrogens with zero attached hydrogens (tertiary/aromatic N) is 2. The van der Waals surface area contributed by atoms with Crippen molar-refractivity contribution in [3.63, 3.8) is 0 Å². The second-order valence-electron chi connectivity index (χ2n) is 3.42. The molecule has 17 heavy (non-hydrogen) atoms. The number of carbonyl (C=O) groups is 1. The van der Waals surface area contributed by atoms with Crippen LogP contribution in [0.25, 0.3) is 0 Å². The molecule has 6 heteroatoms. The summed E-state index contributed by atoms with van der Waals surface area (Å²) in [5.74, 6) is -0.911. The molecular weight excluding hydrogens is 222 g/mol. The molecule has 0 fully saturated rings. The molecule has 0 amide bonds. The van der Waals surface area contributed by atoms with Crippen molar-refractivity contribution >= 4 is 5.97 Å². The van der Waals surface area contributed by atoms with Gasteiger partial charge < -0.3 is 10.1 Å². The third kappa shape index (κ3) is 2.75. The number of carboxylic acids is 1. The lowest BCUT2D eigenvalue weighted by Gasteiger charge is -2.01. The first-order valence-corrected chi connectivity index (χ1v) is 4.87. The largest absolute Gasteiger partial charge is 0.477 e. The molecule has 2 aromatic heterocycles. The van der Waals surface area contributed by atoms with E-state index in [1.807, 2.05) is 6.07 Å². The van der Waals surface area contributed by atoms with E-state index in [1.165, 1.54) is 0 Å². The highest BCUT2D eigenvalue weighted by atomic mass is 16.4. The smallest absolute Gasteiger partial charge is 0.354 e. The molecule has 2 N–H and O–H groups in total. The molecule has 2 heterocycles. The van der Waals surface area contributed by atoms with Crippen molar-refractivity contribution in [3.05, 3.63) is 58.0 Å². The molecule has 0 spiro atoms. The average Bonchev–Trinajstić information content (AvgIpc) is 2.29. The summed E-state index contributed by atoms with van der Waals surface area (Å²) >= 11 is 0. The number of aromatic amines is 1. The second kappa shape index (κ2) is 4.56. The Morgan fingerprint density at radius 3 is 2.94 bits per heavy atom. The van der Waals surface area contributed by atoms with Crippen molar-refractivity contribution in [2.45, 2.75) is 6.42 Å². The second-order valence-corrected chi connectivity index (χ2v) is 3.42. The zero-order valence-corrected chi connectivity index (χ0v) is 8.75. The highest BCUT2D eigenvalue weighted by Crippen LogP contribution is 2.02. The van der Waals surface area contributed by atoms with Gasteiger partial charge in [-0.05, 0) is 11.6 Å². The average molecular weight is 231 g/mol. The van der Waals surface area contributed by atoms with Crippen LogP contribution in [-0.2, 0) is 6.42 Å². The summed E-state index contributed by atoms with van der Waals surface area (Å²) in [6.07, 6.45) is 3.60. The minimum atomic E-state index is -1.22. The molecular formula is C11H9N3O3. The summed E-state index contributed by atoms with van der Waals surface area (Å²) in [6, 6.07) is 4.53. The number of aromatic carboxylic acids is 1. The van der Waals surface area contributed by atoms with Crippen LogP contribution >= 0.6 is 0 Å². The summed E-state index contributed by atoms with van der Waals surface area (Å²) in [4.78, 5) is 32.2. The summed E-state index contributed by atoms with van der Waals surface area (Å²) < 4.78 is 0. The number of aromatic nitrogens is 3. The first kappa shape index (κ1) is 11.0. The van der Waals surface area contributed by atoms with Gasteiger partial charge in [0.15, 0.2) is 5.69 Å². The van der Waals surface area contributed by atoms with Crippen LogP contribution in [-0.4, -0.2) is 26.0 Å². The van der Waals surface area contributed by atoms with Gasteiger partial charge in [-0.2, -0.15) is 0 Å². The number of pyridine rings is 1. The summed E-state index contributed by atoms with van der Waals surface area (Å²) in [6.45, 7) is 0. The van der Waals surface area contributed by atoms with Crippen LogP contribution < -0.4 is 5.56 Å². The lowest BCUT2D eigenvalue weighted by molar-refractivity contribution is 0.0689. The molecule has 0 aliphatic carbocycles. The molecule has 2 aromatic rings. The molecule has 0 aromatic carbocycles. The van der Waals surface area contributed by atoms with Gasteiger partial charge in [0, 0.05) is 24.9 Å². The maximum atomic E-state index is 11.2. The molecule has 6 nitrogen and oxygen atoms in total. The maximum Gasteiger partial charge on any atom is 0.354 e. The van der Waals surface area contributed by atoms with E-state index in [1.54, 1.807) is 18.5 Å². The molecule has 0 saturated heterocycles. The first-order valence-electron chi connectivity index (χ1n) is 4.87. The highest BCUT2D eigenvalue weighted by molar-refractivity contribution is 5.85. The fourth-order valence-electron chi connectivity index (χ4n) is 1.40. The predicted molar refractivity (Wildman–Crippen MR) is 58.9 cm³/mol. The fourth-order valence-corrected chi connectivity index (χ4v) is 1.40. The Morgan fingerprint density at radius 2 is 2.29 bits per heavy atom. The van der Waals surface area contributed by atoms with Crippen LogP contribution in [0, 0.1) is 0 Å². The van der Waals surface area contributed by atoms with E-state index in [-0.39, 0.29) is 5.69 Å². The lowest BCUT2D eigenvalue weighted by atomic mass is 10.2. The molecule has 0 saturated carbocycles. The van der Waals surface area contributed by atoms with Gasteiger partial charge in [-0.1, -0.05) is 6.07 Å². The van der Waals surface area contributed by atoms with Gasteiger partial charge >= 0.3 is 5.97 Å². The lowest BCUT2D eigenvalue weighted by Crippen LogP contribution is -2.15. The topological polar surface area (TPSA) is 95.9 Å². The standard InChI is InChI=1S/C11H9N3O3/c15-10-5-8(11(16)17)13-9(14-10)4-7-2-1-3-12-6-7/h1-3,5-6H,4H2,(H,16,17)(H,13,14,15). The van der Waals surface area contributed by atoms with Crippen LogP contribution in [0.1, 0.15) is 21.9 Å². The van der Waals surface area contributed by atoms with Crippen LogP contribution in [0.4, 0.5) is 0 Å². The molecule has 86 valence electrons. The number of nitrogens with one attached hydrogen (secondary N) is 1. The minimum Gasteiger partial charge on any atom is -0.477 e. The van der Waals surface area contributed by atoms with Gasteiger partial charge in [0.2, 0.25) is 0 Å². The zero-order chi connectivity index (χ0) is 12.3. The van der Waals surface area contributed by atoms with Gasteiger partial charge in [-0.25, -0.2) is 9.78 Å². The number of carboxylic acid groups (broad SMARTS) is 1. The third-order valence-electron chi connectivity index (χ3n) is 2.10. The molecule has 0 radical (unpaired) electrons. The Kier molecular flexibility index (Phi) is 2.95. The Balaban J connectivity index is 2.34. The zero-order valence-electron chi connectivity index (χ0n) is 8.75. The quantitative estimate of drug-likeness (QED) is 0.799. The van der Waals surface area contributed by atoms with E-state index >= 15 is 0 Å². The summed E-state index contributed by atoms with van der Waals surface area (Å²) in [5.41, 5.74) is 0.113. The molecule has 0 aliphatic rings. The normalized spacial score (nSPS) is 10.1. The summed E-state index contributed by atoms with van der Waals surface area (Å²) in [7, 11) is 0. The van der Waals surface area contributed by atoms with E-state index in [0.29, 0.717) is 12.2 Å². The van der Waals surface area contributed by atoms with Gasteiger partial charge in [0.25, 0.3) is 5.56 Å². The van der Waals surface area contributed by atoms with Crippen molar-refractivity contribution in [2.75, 3.05) is 0 Å².